The predicted octanol–water partition coefficient (Wildman–Crippen LogP) is 15.0. The Morgan fingerprint density at radius 1 is 0.442 bits per heavy atom. The first-order chi connectivity index (χ1) is 37.7. The number of aliphatic hydroxyl groups excluding tert-OH is 7. The van der Waals surface area contributed by atoms with Crippen LogP contribution in [0.3, 0.4) is 0 Å². The zero-order valence-electron chi connectivity index (χ0n) is 50.0. The van der Waals surface area contributed by atoms with Crippen molar-refractivity contribution in [3.63, 3.8) is 0 Å². The van der Waals surface area contributed by atoms with Crippen molar-refractivity contribution in [2.75, 3.05) is 13.2 Å². The van der Waals surface area contributed by atoms with Crippen molar-refractivity contribution >= 4 is 5.91 Å². The van der Waals surface area contributed by atoms with Gasteiger partial charge in [0.05, 0.1) is 25.4 Å². The van der Waals surface area contributed by atoms with E-state index < -0.39 is 74.2 Å². The van der Waals surface area contributed by atoms with E-state index in [2.05, 4.69) is 55.6 Å². The molecule has 454 valence electrons. The van der Waals surface area contributed by atoms with Crippen molar-refractivity contribution in [2.45, 2.75) is 364 Å². The van der Waals surface area contributed by atoms with Gasteiger partial charge in [-0.15, -0.1) is 0 Å². The molecule has 9 unspecified atom stereocenters. The van der Waals surface area contributed by atoms with Gasteiger partial charge in [-0.3, -0.25) is 4.79 Å². The third-order valence-corrected chi connectivity index (χ3v) is 15.9. The highest BCUT2D eigenvalue weighted by molar-refractivity contribution is 5.80. The fourth-order valence-electron chi connectivity index (χ4n) is 10.6. The van der Waals surface area contributed by atoms with Crippen LogP contribution < -0.4 is 5.32 Å². The number of ether oxygens (including phenoxy) is 2. The van der Waals surface area contributed by atoms with Crippen molar-refractivity contribution in [3.8, 4) is 0 Å². The minimum Gasteiger partial charge on any atom is -0.394 e. The molecule has 8 N–H and O–H groups in total. The first-order valence-corrected chi connectivity index (χ1v) is 32.9. The van der Waals surface area contributed by atoms with Crippen LogP contribution in [0.15, 0.2) is 36.5 Å². The molecule has 0 aromatic rings. The molecule has 77 heavy (non-hydrogen) atoms. The lowest BCUT2D eigenvalue weighted by Gasteiger charge is -2.40. The zero-order chi connectivity index (χ0) is 56.1. The number of nitrogens with one attached hydrogen (secondary N) is 1. The topological polar surface area (TPSA) is 189 Å². The van der Waals surface area contributed by atoms with Gasteiger partial charge >= 0.3 is 0 Å². The maximum absolute atomic E-state index is 13.2. The molecule has 1 amide bonds. The summed E-state index contributed by atoms with van der Waals surface area (Å²) in [4.78, 5) is 13.2. The molecule has 1 aliphatic rings. The van der Waals surface area contributed by atoms with Crippen molar-refractivity contribution in [2.24, 2.45) is 0 Å². The van der Waals surface area contributed by atoms with Crippen LogP contribution in [0.4, 0.5) is 0 Å². The molecular formula is C66H125NO10. The molecule has 0 spiro atoms. The summed E-state index contributed by atoms with van der Waals surface area (Å²) >= 11 is 0. The van der Waals surface area contributed by atoms with E-state index in [0.29, 0.717) is 19.3 Å². The molecule has 1 aliphatic heterocycles. The standard InChI is InChI=1S/C66H125NO10/c1-3-5-7-9-11-13-15-17-19-21-23-25-27-28-29-30-31-32-34-35-37-39-41-43-45-47-49-51-53-58(69)61(71)57(56-76-66-64(74)63(73)62(72)60(55-68)77-66)67-65(75)59(70)54-52-50-48-46-44-42-40-38-36-33-26-24-22-20-18-16-14-12-10-8-6-4-2/h36-39,45,47,57-64,66,68-74H,3-35,40-44,46,48-56H2,1-2H3,(H,67,75)/b38-36-,39-37+,47-45+. The Bertz CT molecular complexity index is 1350. The lowest BCUT2D eigenvalue weighted by atomic mass is 9.98. The first-order valence-electron chi connectivity index (χ1n) is 32.9. The van der Waals surface area contributed by atoms with Crippen LogP contribution >= 0.6 is 0 Å². The second-order valence-electron chi connectivity index (χ2n) is 23.2. The summed E-state index contributed by atoms with van der Waals surface area (Å²) in [5.41, 5.74) is 0. The monoisotopic (exact) mass is 1090 g/mol. The van der Waals surface area contributed by atoms with E-state index in [1.807, 2.05) is 0 Å². The van der Waals surface area contributed by atoms with Crippen LogP contribution in [-0.4, -0.2) is 110 Å². The van der Waals surface area contributed by atoms with E-state index in [4.69, 9.17) is 9.47 Å². The summed E-state index contributed by atoms with van der Waals surface area (Å²) in [7, 11) is 0. The fraction of sp³-hybridized carbons (Fsp3) is 0.894. The number of carbonyl (C=O) groups is 1. The SMILES string of the molecule is CCCCCCCCCCCCCC/C=C\CCCCCCCCC(O)C(=O)NC(COC1OC(CO)C(O)C(O)C1O)C(O)C(O)CCC/C=C/CC/C=C/CCCCCCCCCCCCCCCCCCCCC. The fourth-order valence-corrected chi connectivity index (χ4v) is 10.6. The Labute approximate surface area is 473 Å². The molecule has 1 heterocycles. The maximum Gasteiger partial charge on any atom is 0.249 e. The normalized spacial score (nSPS) is 19.7. The summed E-state index contributed by atoms with van der Waals surface area (Å²) in [5.74, 6) is -0.712. The summed E-state index contributed by atoms with van der Waals surface area (Å²) in [6, 6.07) is -1.20. The molecule has 1 rings (SSSR count). The van der Waals surface area contributed by atoms with Gasteiger partial charge in [0.1, 0.15) is 36.6 Å². The van der Waals surface area contributed by atoms with E-state index in [-0.39, 0.29) is 12.8 Å². The average Bonchev–Trinajstić information content (AvgIpc) is 3.43. The van der Waals surface area contributed by atoms with E-state index in [9.17, 15) is 40.5 Å². The lowest BCUT2D eigenvalue weighted by Crippen LogP contribution is -2.60. The Morgan fingerprint density at radius 3 is 1.16 bits per heavy atom. The van der Waals surface area contributed by atoms with Gasteiger partial charge in [0, 0.05) is 0 Å². The Kier molecular flexibility index (Phi) is 52.3. The number of amides is 1. The highest BCUT2D eigenvalue weighted by atomic mass is 16.7. The number of unbranched alkanes of at least 4 members (excludes halogenated alkanes) is 39. The van der Waals surface area contributed by atoms with Crippen molar-refractivity contribution in [3.05, 3.63) is 36.5 Å². The van der Waals surface area contributed by atoms with Crippen LogP contribution in [0.25, 0.3) is 0 Å². The Balaban J connectivity index is 2.28. The van der Waals surface area contributed by atoms with Gasteiger partial charge in [0.15, 0.2) is 6.29 Å². The number of hydrogen-bond donors (Lipinski definition) is 8. The molecule has 11 nitrogen and oxygen atoms in total. The van der Waals surface area contributed by atoms with Crippen LogP contribution in [-0.2, 0) is 14.3 Å². The van der Waals surface area contributed by atoms with Crippen LogP contribution in [0, 0.1) is 0 Å². The van der Waals surface area contributed by atoms with Gasteiger partial charge < -0.3 is 50.5 Å². The molecule has 11 heteroatoms. The van der Waals surface area contributed by atoms with Gasteiger partial charge in [-0.25, -0.2) is 0 Å². The molecule has 0 aromatic heterocycles. The van der Waals surface area contributed by atoms with Gasteiger partial charge in [0.2, 0.25) is 5.91 Å². The number of hydrogen-bond acceptors (Lipinski definition) is 10. The van der Waals surface area contributed by atoms with Gasteiger partial charge in [-0.2, -0.15) is 0 Å². The quantitative estimate of drug-likeness (QED) is 0.0215. The van der Waals surface area contributed by atoms with E-state index in [1.54, 1.807) is 0 Å². The molecule has 0 radical (unpaired) electrons. The smallest absolute Gasteiger partial charge is 0.249 e. The minimum atomic E-state index is -1.67. The summed E-state index contributed by atoms with van der Waals surface area (Å²) in [5, 5.41) is 76.3. The lowest BCUT2D eigenvalue weighted by molar-refractivity contribution is -0.303. The highest BCUT2D eigenvalue weighted by Crippen LogP contribution is 2.24. The largest absolute Gasteiger partial charge is 0.394 e. The second kappa shape index (κ2) is 54.9. The minimum absolute atomic E-state index is 0.244. The van der Waals surface area contributed by atoms with Crippen molar-refractivity contribution < 1.29 is 50.0 Å². The van der Waals surface area contributed by atoms with E-state index in [0.717, 1.165) is 57.8 Å². The second-order valence-corrected chi connectivity index (χ2v) is 23.2. The summed E-state index contributed by atoms with van der Waals surface area (Å²) in [6.07, 6.45) is 57.9. The molecular weight excluding hydrogens is 967 g/mol. The molecule has 1 saturated heterocycles. The molecule has 9 atom stereocenters. The third-order valence-electron chi connectivity index (χ3n) is 15.9. The van der Waals surface area contributed by atoms with Gasteiger partial charge in [-0.05, 0) is 77.0 Å². The van der Waals surface area contributed by atoms with Gasteiger partial charge in [0.25, 0.3) is 0 Å². The molecule has 1 fully saturated rings. The highest BCUT2D eigenvalue weighted by Gasteiger charge is 2.44. The first kappa shape index (κ1) is 73.3. The average molecular weight is 1090 g/mol. The molecule has 0 aliphatic carbocycles. The van der Waals surface area contributed by atoms with Gasteiger partial charge in [-0.1, -0.05) is 269 Å². The predicted molar refractivity (Wildman–Crippen MR) is 321 cm³/mol. The van der Waals surface area contributed by atoms with Crippen molar-refractivity contribution in [1.29, 1.82) is 0 Å². The molecule has 0 bridgehead atoms. The van der Waals surface area contributed by atoms with Crippen molar-refractivity contribution in [1.82, 2.24) is 5.32 Å². The molecule has 0 aromatic carbocycles. The van der Waals surface area contributed by atoms with E-state index >= 15 is 0 Å². The number of carbonyl (C=O) groups excluding carboxylic acids is 1. The summed E-state index contributed by atoms with van der Waals surface area (Å²) < 4.78 is 11.2. The number of allylic oxidation sites excluding steroid dienone is 6. The van der Waals surface area contributed by atoms with Crippen LogP contribution in [0.5, 0.6) is 0 Å². The maximum atomic E-state index is 13.2. The summed E-state index contributed by atoms with van der Waals surface area (Å²) in [6.45, 7) is 3.48. The van der Waals surface area contributed by atoms with Crippen LogP contribution in [0.1, 0.15) is 309 Å². The number of rotatable bonds is 57. The van der Waals surface area contributed by atoms with Crippen LogP contribution in [0.2, 0.25) is 0 Å². The Hall–Kier alpha value is -1.67. The van der Waals surface area contributed by atoms with E-state index in [1.165, 1.54) is 205 Å². The Morgan fingerprint density at radius 2 is 0.779 bits per heavy atom. The zero-order valence-corrected chi connectivity index (χ0v) is 50.0. The molecule has 0 saturated carbocycles. The third kappa shape index (κ3) is 42.8. The number of aliphatic hydroxyl groups is 7.